The summed E-state index contributed by atoms with van der Waals surface area (Å²) in [6.45, 7) is 5.42. The maximum Gasteiger partial charge on any atom is 0.323 e. The summed E-state index contributed by atoms with van der Waals surface area (Å²) in [7, 11) is -4.03. The van der Waals surface area contributed by atoms with Gasteiger partial charge in [0, 0.05) is 5.56 Å². The Labute approximate surface area is 212 Å². The molecule has 0 bridgehead atoms. The first-order valence-electron chi connectivity index (χ1n) is 11.9. The van der Waals surface area contributed by atoms with Gasteiger partial charge in [0.25, 0.3) is 0 Å². The molecule has 9 nitrogen and oxygen atoms in total. The van der Waals surface area contributed by atoms with Crippen molar-refractivity contribution >= 4 is 33.6 Å². The zero-order chi connectivity index (χ0) is 26.1. The van der Waals surface area contributed by atoms with Crippen LogP contribution in [0.1, 0.15) is 36.5 Å². The minimum atomic E-state index is -4.03. The lowest BCUT2D eigenvalue weighted by Crippen LogP contribution is -2.36. The molecule has 0 aliphatic carbocycles. The molecule has 0 amide bonds. The van der Waals surface area contributed by atoms with Crippen LogP contribution >= 0.6 is 0 Å². The van der Waals surface area contributed by atoms with Gasteiger partial charge in [0.15, 0.2) is 5.75 Å². The number of ether oxygens (including phenoxy) is 2. The SMILES string of the molecule is CCOC(=O)CS(=O)(=O)N(C/C=C/c1cccc(C(=N)N)c1)c1ccc(OC2CCNCC2)c(C)c1. The third kappa shape index (κ3) is 7.56. The highest BCUT2D eigenvalue weighted by Gasteiger charge is 2.26. The fourth-order valence-corrected chi connectivity index (χ4v) is 5.20. The quantitative estimate of drug-likeness (QED) is 0.238. The van der Waals surface area contributed by atoms with Crippen molar-refractivity contribution < 1.29 is 22.7 Å². The van der Waals surface area contributed by atoms with Crippen molar-refractivity contribution in [3.05, 3.63) is 65.2 Å². The Kier molecular flexibility index (Phi) is 9.49. The first kappa shape index (κ1) is 27.2. The van der Waals surface area contributed by atoms with E-state index in [0.717, 1.165) is 37.1 Å². The second kappa shape index (κ2) is 12.5. The minimum absolute atomic E-state index is 0.0000242. The van der Waals surface area contributed by atoms with Crippen molar-refractivity contribution in [2.24, 2.45) is 5.73 Å². The Balaban J connectivity index is 1.85. The molecule has 10 heteroatoms. The number of nitrogens with two attached hydrogens (primary N) is 1. The van der Waals surface area contributed by atoms with Crippen molar-refractivity contribution in [3.8, 4) is 5.75 Å². The Morgan fingerprint density at radius 3 is 2.64 bits per heavy atom. The number of aryl methyl sites for hydroxylation is 1. The van der Waals surface area contributed by atoms with Crippen LogP contribution in [0.3, 0.4) is 0 Å². The normalized spacial score (nSPS) is 14.5. The fourth-order valence-electron chi connectivity index (χ4n) is 3.92. The maximum absolute atomic E-state index is 13.2. The molecule has 2 aromatic rings. The number of esters is 1. The van der Waals surface area contributed by atoms with Crippen LogP contribution in [0, 0.1) is 12.3 Å². The zero-order valence-electron chi connectivity index (χ0n) is 20.7. The minimum Gasteiger partial charge on any atom is -0.490 e. The first-order valence-corrected chi connectivity index (χ1v) is 13.6. The molecule has 0 saturated carbocycles. The zero-order valence-corrected chi connectivity index (χ0v) is 21.5. The third-order valence-corrected chi connectivity index (χ3v) is 7.38. The van der Waals surface area contributed by atoms with Gasteiger partial charge in [-0.3, -0.25) is 14.5 Å². The van der Waals surface area contributed by atoms with Crippen LogP contribution in [0.15, 0.2) is 48.5 Å². The molecule has 1 fully saturated rings. The van der Waals surface area contributed by atoms with Crippen LogP contribution in [0.25, 0.3) is 6.08 Å². The molecule has 2 aromatic carbocycles. The van der Waals surface area contributed by atoms with Crippen molar-refractivity contribution in [1.29, 1.82) is 5.41 Å². The summed E-state index contributed by atoms with van der Waals surface area (Å²) in [5, 5.41) is 10.9. The number of piperidine rings is 1. The third-order valence-electron chi connectivity index (χ3n) is 5.75. The van der Waals surface area contributed by atoms with E-state index < -0.39 is 21.7 Å². The van der Waals surface area contributed by atoms with E-state index in [1.807, 2.05) is 13.0 Å². The number of nitrogens with zero attached hydrogens (tertiary/aromatic N) is 1. The molecule has 0 spiro atoms. The number of rotatable bonds is 11. The number of hydrogen-bond donors (Lipinski definition) is 3. The number of carbonyl (C=O) groups excluding carboxylic acids is 1. The van der Waals surface area contributed by atoms with Crippen LogP contribution in [0.4, 0.5) is 5.69 Å². The van der Waals surface area contributed by atoms with E-state index in [0.29, 0.717) is 17.0 Å². The Morgan fingerprint density at radius 2 is 1.97 bits per heavy atom. The summed E-state index contributed by atoms with van der Waals surface area (Å²) >= 11 is 0. The molecule has 0 aromatic heterocycles. The predicted molar refractivity (Wildman–Crippen MR) is 142 cm³/mol. The summed E-state index contributed by atoms with van der Waals surface area (Å²) in [4.78, 5) is 12.0. The van der Waals surface area contributed by atoms with Crippen LogP contribution < -0.4 is 20.1 Å². The van der Waals surface area contributed by atoms with Gasteiger partial charge in [-0.2, -0.15) is 0 Å². The molecule has 1 aliphatic heterocycles. The number of carbonyl (C=O) groups is 1. The molecular formula is C26H34N4O5S. The van der Waals surface area contributed by atoms with Gasteiger partial charge < -0.3 is 20.5 Å². The summed E-state index contributed by atoms with van der Waals surface area (Å²) < 4.78 is 38.7. The van der Waals surface area contributed by atoms with Gasteiger partial charge in [0.2, 0.25) is 10.0 Å². The Hall–Kier alpha value is -3.37. The molecule has 194 valence electrons. The topological polar surface area (TPSA) is 135 Å². The van der Waals surface area contributed by atoms with Gasteiger partial charge in [0.05, 0.1) is 18.8 Å². The average molecular weight is 515 g/mol. The Morgan fingerprint density at radius 1 is 1.22 bits per heavy atom. The number of hydrogen-bond acceptors (Lipinski definition) is 7. The van der Waals surface area contributed by atoms with Gasteiger partial charge >= 0.3 is 5.97 Å². The largest absolute Gasteiger partial charge is 0.490 e. The molecule has 1 saturated heterocycles. The van der Waals surface area contributed by atoms with E-state index in [1.165, 1.54) is 4.31 Å². The highest BCUT2D eigenvalue weighted by Crippen LogP contribution is 2.28. The van der Waals surface area contributed by atoms with Gasteiger partial charge in [-0.25, -0.2) is 8.42 Å². The van der Waals surface area contributed by atoms with E-state index in [1.54, 1.807) is 55.5 Å². The van der Waals surface area contributed by atoms with Crippen molar-refractivity contribution in [1.82, 2.24) is 5.32 Å². The number of anilines is 1. The van der Waals surface area contributed by atoms with Crippen molar-refractivity contribution in [2.75, 3.05) is 36.3 Å². The highest BCUT2D eigenvalue weighted by atomic mass is 32.2. The summed E-state index contributed by atoms with van der Waals surface area (Å²) in [6, 6.07) is 12.3. The highest BCUT2D eigenvalue weighted by molar-refractivity contribution is 7.93. The van der Waals surface area contributed by atoms with E-state index in [9.17, 15) is 13.2 Å². The lowest BCUT2D eigenvalue weighted by molar-refractivity contribution is -0.139. The molecule has 0 unspecified atom stereocenters. The van der Waals surface area contributed by atoms with Gasteiger partial charge in [0.1, 0.15) is 17.7 Å². The van der Waals surface area contributed by atoms with Gasteiger partial charge in [-0.15, -0.1) is 0 Å². The van der Waals surface area contributed by atoms with Crippen molar-refractivity contribution in [2.45, 2.75) is 32.8 Å². The van der Waals surface area contributed by atoms with Crippen LogP contribution in [-0.2, 0) is 19.6 Å². The van der Waals surface area contributed by atoms with Crippen LogP contribution in [0.2, 0.25) is 0 Å². The molecular weight excluding hydrogens is 480 g/mol. The first-order chi connectivity index (χ1) is 17.2. The van der Waals surface area contributed by atoms with Crippen molar-refractivity contribution in [3.63, 3.8) is 0 Å². The lowest BCUT2D eigenvalue weighted by atomic mass is 10.1. The second-order valence-electron chi connectivity index (χ2n) is 8.55. The molecule has 1 heterocycles. The van der Waals surface area contributed by atoms with Gasteiger partial charge in [-0.05, 0) is 75.2 Å². The molecule has 36 heavy (non-hydrogen) atoms. The van der Waals surface area contributed by atoms with E-state index >= 15 is 0 Å². The van der Waals surface area contributed by atoms with Crippen LogP contribution in [-0.4, -0.2) is 58.3 Å². The van der Waals surface area contributed by atoms with E-state index in [4.69, 9.17) is 20.6 Å². The standard InChI is InChI=1S/C26H34N4O5S/c1-3-34-25(31)18-36(32,33)30(15-5-7-20-6-4-8-21(17-20)26(27)28)22-9-10-24(19(2)16-22)35-23-11-13-29-14-12-23/h4-10,16-17,23,29H,3,11-15,18H2,1-2H3,(H3,27,28)/b7-5+. The number of amidine groups is 1. The smallest absolute Gasteiger partial charge is 0.323 e. The number of nitrogen functional groups attached to an aromatic ring is 1. The van der Waals surface area contributed by atoms with Gasteiger partial charge in [-0.1, -0.05) is 30.4 Å². The lowest BCUT2D eigenvalue weighted by Gasteiger charge is -2.26. The number of nitrogens with one attached hydrogen (secondary N) is 2. The Bertz CT molecular complexity index is 1210. The second-order valence-corrected chi connectivity index (χ2v) is 10.4. The van der Waals surface area contributed by atoms with E-state index in [2.05, 4.69) is 5.32 Å². The molecule has 0 radical (unpaired) electrons. The predicted octanol–water partition coefficient (Wildman–Crippen LogP) is 2.82. The molecule has 0 atom stereocenters. The van der Waals surface area contributed by atoms with Crippen LogP contribution in [0.5, 0.6) is 5.75 Å². The number of benzene rings is 2. The molecule has 4 N–H and O–H groups in total. The molecule has 3 rings (SSSR count). The maximum atomic E-state index is 13.2. The van der Waals surface area contributed by atoms with E-state index in [-0.39, 0.29) is 25.1 Å². The molecule has 1 aliphatic rings. The summed E-state index contributed by atoms with van der Waals surface area (Å²) in [5.41, 5.74) is 8.14. The summed E-state index contributed by atoms with van der Waals surface area (Å²) in [6.07, 6.45) is 5.39. The average Bonchev–Trinajstić information content (AvgIpc) is 2.83. The fraction of sp³-hybridized carbons (Fsp3) is 0.385. The monoisotopic (exact) mass is 514 g/mol. The summed E-state index contributed by atoms with van der Waals surface area (Å²) in [5.74, 6) is -0.902. The number of sulfonamides is 1.